The van der Waals surface area contributed by atoms with Gasteiger partial charge in [0.25, 0.3) is 0 Å². The zero-order valence-electron chi connectivity index (χ0n) is 9.78. The summed E-state index contributed by atoms with van der Waals surface area (Å²) in [5.41, 5.74) is 1.51. The molecule has 0 saturated heterocycles. The van der Waals surface area contributed by atoms with Crippen LogP contribution in [0.1, 0.15) is 11.1 Å². The molecule has 19 heavy (non-hydrogen) atoms. The van der Waals surface area contributed by atoms with E-state index in [1.54, 1.807) is 24.4 Å². The molecule has 1 N–H and O–H groups in total. The van der Waals surface area contributed by atoms with Crippen LogP contribution in [-0.4, -0.2) is 11.3 Å². The van der Waals surface area contributed by atoms with E-state index in [0.29, 0.717) is 22.2 Å². The minimum atomic E-state index is -0.0223. The first-order valence-electron chi connectivity index (χ1n) is 5.48. The third-order valence-corrected chi connectivity index (χ3v) is 3.23. The smallest absolute Gasteiger partial charge is 0.143 e. The van der Waals surface area contributed by atoms with Crippen molar-refractivity contribution >= 4 is 41.0 Å². The summed E-state index contributed by atoms with van der Waals surface area (Å²) >= 11 is 17.5. The fourth-order valence-corrected chi connectivity index (χ4v) is 2.16. The summed E-state index contributed by atoms with van der Waals surface area (Å²) in [7, 11) is 0. The molecule has 0 bridgehead atoms. The average Bonchev–Trinajstić information content (AvgIpc) is 2.37. The van der Waals surface area contributed by atoms with Gasteiger partial charge in [-0.1, -0.05) is 46.9 Å². The summed E-state index contributed by atoms with van der Waals surface area (Å²) in [6.45, 7) is 0.487. The summed E-state index contributed by atoms with van der Waals surface area (Å²) < 4.78 is 0. The van der Waals surface area contributed by atoms with Gasteiger partial charge in [0.15, 0.2) is 0 Å². The Morgan fingerprint density at radius 1 is 1.00 bits per heavy atom. The molecule has 2 nitrogen and oxygen atoms in total. The number of hydrogen-bond acceptors (Lipinski definition) is 2. The minimum Gasteiger partial charge on any atom is -0.506 e. The van der Waals surface area contributed by atoms with Crippen LogP contribution in [0.3, 0.4) is 0 Å². The molecule has 0 atom stereocenters. The summed E-state index contributed by atoms with van der Waals surface area (Å²) in [5, 5.41) is 11.1. The van der Waals surface area contributed by atoms with Gasteiger partial charge in [-0.15, -0.1) is 0 Å². The molecule has 2 aromatic rings. The van der Waals surface area contributed by atoms with Crippen LogP contribution in [0.5, 0.6) is 5.75 Å². The van der Waals surface area contributed by atoms with Crippen LogP contribution in [-0.2, 0) is 6.54 Å². The fraction of sp³-hybridized carbons (Fsp3) is 0.0714. The number of benzene rings is 2. The number of phenolic OH excluding ortho intramolecular Hbond substituents is 1. The lowest BCUT2D eigenvalue weighted by molar-refractivity contribution is 0.474. The Hall–Kier alpha value is -1.22. The molecule has 0 aliphatic carbocycles. The van der Waals surface area contributed by atoms with Crippen LogP contribution < -0.4 is 0 Å². The van der Waals surface area contributed by atoms with Crippen molar-refractivity contribution < 1.29 is 5.11 Å². The molecule has 0 heterocycles. The van der Waals surface area contributed by atoms with Gasteiger partial charge < -0.3 is 5.11 Å². The van der Waals surface area contributed by atoms with Crippen molar-refractivity contribution in [3.63, 3.8) is 0 Å². The number of halogens is 3. The van der Waals surface area contributed by atoms with Gasteiger partial charge in [-0.05, 0) is 29.8 Å². The summed E-state index contributed by atoms with van der Waals surface area (Å²) in [6.07, 6.45) is 1.54. The molecule has 0 aliphatic heterocycles. The van der Waals surface area contributed by atoms with Crippen molar-refractivity contribution in [3.05, 3.63) is 62.6 Å². The largest absolute Gasteiger partial charge is 0.506 e. The zero-order chi connectivity index (χ0) is 13.8. The van der Waals surface area contributed by atoms with E-state index in [9.17, 15) is 5.11 Å². The van der Waals surface area contributed by atoms with E-state index in [-0.39, 0.29) is 10.8 Å². The summed E-state index contributed by atoms with van der Waals surface area (Å²) in [6, 6.07) is 10.5. The summed E-state index contributed by atoms with van der Waals surface area (Å²) in [5.74, 6) is -0.0223. The highest BCUT2D eigenvalue weighted by Gasteiger charge is 2.05. The Labute approximate surface area is 126 Å². The third-order valence-electron chi connectivity index (χ3n) is 2.48. The van der Waals surface area contributed by atoms with Crippen LogP contribution in [0.2, 0.25) is 15.1 Å². The fourth-order valence-electron chi connectivity index (χ4n) is 1.52. The highest BCUT2D eigenvalue weighted by atomic mass is 35.5. The number of nitrogens with zero attached hydrogens (tertiary/aromatic N) is 1. The Bertz CT molecular complexity index is 609. The zero-order valence-corrected chi connectivity index (χ0v) is 12.0. The molecule has 0 aromatic heterocycles. The van der Waals surface area contributed by atoms with Crippen LogP contribution in [0.15, 0.2) is 41.4 Å². The first-order valence-corrected chi connectivity index (χ1v) is 6.62. The lowest BCUT2D eigenvalue weighted by atomic mass is 10.2. The number of phenols is 1. The Kier molecular flexibility index (Phi) is 4.70. The van der Waals surface area contributed by atoms with Gasteiger partial charge in [0.05, 0.1) is 11.6 Å². The average molecular weight is 315 g/mol. The number of aliphatic imine (C=N–C) groups is 1. The molecule has 0 unspecified atom stereocenters. The number of aromatic hydroxyl groups is 1. The van der Waals surface area contributed by atoms with Gasteiger partial charge in [-0.3, -0.25) is 4.99 Å². The molecule has 0 spiro atoms. The monoisotopic (exact) mass is 313 g/mol. The van der Waals surface area contributed by atoms with E-state index in [0.717, 1.165) is 5.56 Å². The van der Waals surface area contributed by atoms with Gasteiger partial charge in [0.1, 0.15) is 5.75 Å². The quantitative estimate of drug-likeness (QED) is 0.797. The minimum absolute atomic E-state index is 0.0223. The van der Waals surface area contributed by atoms with E-state index in [1.807, 2.05) is 12.1 Å². The molecule has 0 amide bonds. The molecular formula is C14H10Cl3NO. The van der Waals surface area contributed by atoms with E-state index < -0.39 is 0 Å². The second-order valence-corrected chi connectivity index (χ2v) is 5.20. The van der Waals surface area contributed by atoms with Gasteiger partial charge >= 0.3 is 0 Å². The first kappa shape index (κ1) is 14.2. The highest BCUT2D eigenvalue weighted by molar-refractivity contribution is 6.36. The molecule has 98 valence electrons. The van der Waals surface area contributed by atoms with Gasteiger partial charge in [-0.2, -0.15) is 0 Å². The lowest BCUT2D eigenvalue weighted by Crippen LogP contribution is -1.86. The second-order valence-electron chi connectivity index (χ2n) is 3.92. The maximum Gasteiger partial charge on any atom is 0.143 e. The van der Waals surface area contributed by atoms with Crippen molar-refractivity contribution in [1.29, 1.82) is 0 Å². The van der Waals surface area contributed by atoms with E-state index in [2.05, 4.69) is 4.99 Å². The van der Waals surface area contributed by atoms with Crippen molar-refractivity contribution in [2.75, 3.05) is 0 Å². The SMILES string of the molecule is Oc1c(Cl)cc(Cl)cc1C=NCc1ccc(Cl)cc1. The van der Waals surface area contributed by atoms with Crippen LogP contribution >= 0.6 is 34.8 Å². The molecule has 2 aromatic carbocycles. The lowest BCUT2D eigenvalue weighted by Gasteiger charge is -2.02. The highest BCUT2D eigenvalue weighted by Crippen LogP contribution is 2.30. The Morgan fingerprint density at radius 2 is 1.68 bits per heavy atom. The Balaban J connectivity index is 2.13. The van der Waals surface area contributed by atoms with E-state index >= 15 is 0 Å². The van der Waals surface area contributed by atoms with E-state index in [4.69, 9.17) is 34.8 Å². The maximum absolute atomic E-state index is 9.76. The number of hydrogen-bond donors (Lipinski definition) is 1. The van der Waals surface area contributed by atoms with Crippen molar-refractivity contribution in [1.82, 2.24) is 0 Å². The number of rotatable bonds is 3. The normalized spacial score (nSPS) is 11.1. The molecule has 5 heteroatoms. The van der Waals surface area contributed by atoms with Crippen LogP contribution in [0.25, 0.3) is 0 Å². The van der Waals surface area contributed by atoms with Crippen molar-refractivity contribution in [2.24, 2.45) is 4.99 Å². The Morgan fingerprint density at radius 3 is 2.37 bits per heavy atom. The molecule has 0 fully saturated rings. The molecule has 0 saturated carbocycles. The van der Waals surface area contributed by atoms with Gasteiger partial charge in [0, 0.05) is 21.8 Å². The predicted molar refractivity (Wildman–Crippen MR) is 80.9 cm³/mol. The van der Waals surface area contributed by atoms with Crippen LogP contribution in [0, 0.1) is 0 Å². The summed E-state index contributed by atoms with van der Waals surface area (Å²) in [4.78, 5) is 4.24. The van der Waals surface area contributed by atoms with Crippen molar-refractivity contribution in [3.8, 4) is 5.75 Å². The first-order chi connectivity index (χ1) is 9.06. The molecule has 0 aliphatic rings. The standard InChI is InChI=1S/C14H10Cl3NO/c15-11-3-1-9(2-4-11)7-18-8-10-5-12(16)6-13(17)14(10)19/h1-6,8,19H,7H2. The third kappa shape index (κ3) is 3.87. The van der Waals surface area contributed by atoms with Gasteiger partial charge in [-0.25, -0.2) is 0 Å². The topological polar surface area (TPSA) is 32.6 Å². The van der Waals surface area contributed by atoms with E-state index in [1.165, 1.54) is 6.07 Å². The second kappa shape index (κ2) is 6.29. The maximum atomic E-state index is 9.76. The van der Waals surface area contributed by atoms with Crippen LogP contribution in [0.4, 0.5) is 0 Å². The predicted octanol–water partition coefficient (Wildman–Crippen LogP) is 4.97. The van der Waals surface area contributed by atoms with Gasteiger partial charge in [0.2, 0.25) is 0 Å². The van der Waals surface area contributed by atoms with Crippen molar-refractivity contribution in [2.45, 2.75) is 6.54 Å². The molecular weight excluding hydrogens is 305 g/mol. The molecule has 2 rings (SSSR count). The molecule has 0 radical (unpaired) electrons.